The topological polar surface area (TPSA) is 12.0 Å². The van der Waals surface area contributed by atoms with E-state index in [-0.39, 0.29) is 0 Å². The molecule has 80 valence electrons. The smallest absolute Gasteiger partial charge is 0.00728 e. The lowest BCUT2D eigenvalue weighted by Gasteiger charge is -2.43. The standard InChI is InChI=1S/C13H23N/c1-13(5-2-6-13)9-10-7-11-3-4-12(8-10)14-11/h10-12,14H,2-9H2,1H3. The zero-order valence-corrected chi connectivity index (χ0v) is 9.39. The Morgan fingerprint density at radius 3 is 2.29 bits per heavy atom. The number of fused-ring (bicyclic) bond motifs is 2. The number of rotatable bonds is 2. The highest BCUT2D eigenvalue weighted by Gasteiger charge is 2.39. The molecule has 3 fully saturated rings. The maximum Gasteiger partial charge on any atom is 0.00728 e. The van der Waals surface area contributed by atoms with E-state index in [1.54, 1.807) is 0 Å². The van der Waals surface area contributed by atoms with Crippen LogP contribution in [0.3, 0.4) is 0 Å². The Morgan fingerprint density at radius 1 is 1.14 bits per heavy atom. The summed E-state index contributed by atoms with van der Waals surface area (Å²) >= 11 is 0. The largest absolute Gasteiger partial charge is 0.311 e. The van der Waals surface area contributed by atoms with Crippen LogP contribution in [0.25, 0.3) is 0 Å². The molecule has 2 bridgehead atoms. The molecule has 0 aromatic heterocycles. The van der Waals surface area contributed by atoms with E-state index in [4.69, 9.17) is 0 Å². The van der Waals surface area contributed by atoms with Crippen molar-refractivity contribution < 1.29 is 0 Å². The third kappa shape index (κ3) is 1.60. The van der Waals surface area contributed by atoms with Crippen LogP contribution < -0.4 is 5.32 Å². The van der Waals surface area contributed by atoms with E-state index in [1.165, 1.54) is 51.4 Å². The van der Waals surface area contributed by atoms with Crippen LogP contribution in [0.2, 0.25) is 0 Å². The van der Waals surface area contributed by atoms with Crippen LogP contribution in [0.1, 0.15) is 58.3 Å². The maximum absolute atomic E-state index is 3.74. The summed E-state index contributed by atoms with van der Waals surface area (Å²) in [6, 6.07) is 1.78. The predicted molar refractivity (Wildman–Crippen MR) is 59.2 cm³/mol. The highest BCUT2D eigenvalue weighted by molar-refractivity contribution is 4.95. The first kappa shape index (κ1) is 9.21. The fourth-order valence-electron chi connectivity index (χ4n) is 4.02. The van der Waals surface area contributed by atoms with Crippen molar-refractivity contribution in [1.82, 2.24) is 5.32 Å². The van der Waals surface area contributed by atoms with Crippen LogP contribution in [0.15, 0.2) is 0 Å². The van der Waals surface area contributed by atoms with Gasteiger partial charge in [-0.15, -0.1) is 0 Å². The quantitative estimate of drug-likeness (QED) is 0.710. The number of nitrogens with one attached hydrogen (secondary N) is 1. The third-order valence-electron chi connectivity index (χ3n) is 4.91. The van der Waals surface area contributed by atoms with Crippen molar-refractivity contribution in [3.63, 3.8) is 0 Å². The van der Waals surface area contributed by atoms with Crippen molar-refractivity contribution >= 4 is 0 Å². The Balaban J connectivity index is 1.58. The minimum Gasteiger partial charge on any atom is -0.311 e. The molecule has 0 radical (unpaired) electrons. The van der Waals surface area contributed by atoms with Gasteiger partial charge in [0.1, 0.15) is 0 Å². The molecule has 0 aromatic carbocycles. The Kier molecular flexibility index (Phi) is 2.12. The van der Waals surface area contributed by atoms with Gasteiger partial charge in [-0.05, 0) is 56.3 Å². The average Bonchev–Trinajstić information content (AvgIpc) is 2.43. The fraction of sp³-hybridized carbons (Fsp3) is 1.00. The first-order chi connectivity index (χ1) is 6.73. The van der Waals surface area contributed by atoms with Crippen molar-refractivity contribution in [2.24, 2.45) is 11.3 Å². The van der Waals surface area contributed by atoms with Crippen LogP contribution in [0, 0.1) is 11.3 Å². The molecule has 3 aliphatic rings. The van der Waals surface area contributed by atoms with Gasteiger partial charge < -0.3 is 5.32 Å². The summed E-state index contributed by atoms with van der Waals surface area (Å²) in [5.41, 5.74) is 0.751. The summed E-state index contributed by atoms with van der Waals surface area (Å²) in [6.45, 7) is 2.51. The molecule has 1 N–H and O–H groups in total. The molecule has 1 heteroatoms. The van der Waals surface area contributed by atoms with E-state index in [2.05, 4.69) is 12.2 Å². The van der Waals surface area contributed by atoms with Gasteiger partial charge in [0.25, 0.3) is 0 Å². The van der Waals surface area contributed by atoms with Gasteiger partial charge >= 0.3 is 0 Å². The van der Waals surface area contributed by atoms with Gasteiger partial charge in [0.2, 0.25) is 0 Å². The molecule has 2 saturated heterocycles. The Bertz CT molecular complexity index is 207. The summed E-state index contributed by atoms with van der Waals surface area (Å²) in [6.07, 6.45) is 11.9. The van der Waals surface area contributed by atoms with Gasteiger partial charge in [0, 0.05) is 12.1 Å². The van der Waals surface area contributed by atoms with Gasteiger partial charge in [-0.25, -0.2) is 0 Å². The summed E-state index contributed by atoms with van der Waals surface area (Å²) in [5, 5.41) is 3.74. The van der Waals surface area contributed by atoms with Gasteiger partial charge in [-0.2, -0.15) is 0 Å². The molecule has 2 atom stereocenters. The fourth-order valence-corrected chi connectivity index (χ4v) is 4.02. The van der Waals surface area contributed by atoms with E-state index >= 15 is 0 Å². The molecule has 1 aliphatic carbocycles. The Labute approximate surface area is 87.7 Å². The summed E-state index contributed by atoms with van der Waals surface area (Å²) in [4.78, 5) is 0. The maximum atomic E-state index is 3.74. The van der Waals surface area contributed by atoms with Crippen LogP contribution >= 0.6 is 0 Å². The van der Waals surface area contributed by atoms with Crippen molar-refractivity contribution in [2.75, 3.05) is 0 Å². The van der Waals surface area contributed by atoms with Crippen molar-refractivity contribution in [1.29, 1.82) is 0 Å². The lowest BCUT2D eigenvalue weighted by Crippen LogP contribution is -2.40. The van der Waals surface area contributed by atoms with E-state index in [0.29, 0.717) is 0 Å². The SMILES string of the molecule is CC1(CC2CC3CCC(C2)N3)CCC1. The van der Waals surface area contributed by atoms with Crippen LogP contribution in [0.4, 0.5) is 0 Å². The molecule has 2 aliphatic heterocycles. The lowest BCUT2D eigenvalue weighted by molar-refractivity contribution is 0.0980. The summed E-state index contributed by atoms with van der Waals surface area (Å²) in [5.74, 6) is 1.05. The first-order valence-electron chi connectivity index (χ1n) is 6.50. The van der Waals surface area contributed by atoms with Crippen molar-refractivity contribution in [3.8, 4) is 0 Å². The molecule has 2 heterocycles. The second-order valence-corrected chi connectivity index (χ2v) is 6.34. The predicted octanol–water partition coefficient (Wildman–Crippen LogP) is 3.10. The van der Waals surface area contributed by atoms with E-state index < -0.39 is 0 Å². The molecular weight excluding hydrogens is 170 g/mol. The normalized spacial score (nSPS) is 44.8. The highest BCUT2D eigenvalue weighted by atomic mass is 15.0. The molecule has 1 nitrogen and oxygen atoms in total. The molecular formula is C13H23N. The van der Waals surface area contributed by atoms with Gasteiger partial charge in [-0.1, -0.05) is 13.3 Å². The van der Waals surface area contributed by atoms with E-state index in [1.807, 2.05) is 0 Å². The zero-order valence-electron chi connectivity index (χ0n) is 9.39. The minimum absolute atomic E-state index is 0.751. The first-order valence-corrected chi connectivity index (χ1v) is 6.50. The van der Waals surface area contributed by atoms with E-state index in [9.17, 15) is 0 Å². The number of piperidine rings is 1. The third-order valence-corrected chi connectivity index (χ3v) is 4.91. The second-order valence-electron chi connectivity index (χ2n) is 6.34. The number of hydrogen-bond donors (Lipinski definition) is 1. The zero-order chi connectivity index (χ0) is 9.60. The van der Waals surface area contributed by atoms with Crippen molar-refractivity contribution in [2.45, 2.75) is 70.4 Å². The number of hydrogen-bond acceptors (Lipinski definition) is 1. The lowest BCUT2D eigenvalue weighted by atomic mass is 9.64. The summed E-state index contributed by atoms with van der Waals surface area (Å²) < 4.78 is 0. The van der Waals surface area contributed by atoms with Crippen LogP contribution in [-0.4, -0.2) is 12.1 Å². The van der Waals surface area contributed by atoms with Gasteiger partial charge in [0.05, 0.1) is 0 Å². The van der Waals surface area contributed by atoms with E-state index in [0.717, 1.165) is 23.4 Å². The molecule has 3 rings (SSSR count). The minimum atomic E-state index is 0.751. The average molecular weight is 193 g/mol. The highest BCUT2D eigenvalue weighted by Crippen LogP contribution is 2.48. The van der Waals surface area contributed by atoms with Crippen LogP contribution in [0.5, 0.6) is 0 Å². The van der Waals surface area contributed by atoms with Crippen LogP contribution in [-0.2, 0) is 0 Å². The molecule has 2 unspecified atom stereocenters. The second kappa shape index (κ2) is 3.23. The molecule has 0 spiro atoms. The molecule has 0 aromatic rings. The molecule has 1 saturated carbocycles. The monoisotopic (exact) mass is 193 g/mol. The molecule has 0 amide bonds. The summed E-state index contributed by atoms with van der Waals surface area (Å²) in [7, 11) is 0. The van der Waals surface area contributed by atoms with Gasteiger partial charge in [0.15, 0.2) is 0 Å². The Morgan fingerprint density at radius 2 is 1.79 bits per heavy atom. The van der Waals surface area contributed by atoms with Gasteiger partial charge in [-0.3, -0.25) is 0 Å². The molecule has 14 heavy (non-hydrogen) atoms. The Hall–Kier alpha value is -0.0400. The van der Waals surface area contributed by atoms with Crippen molar-refractivity contribution in [3.05, 3.63) is 0 Å².